The number of nitrogens with zero attached hydrogens (tertiary/aromatic N) is 1. The van der Waals surface area contributed by atoms with Crippen molar-refractivity contribution in [2.24, 2.45) is 0 Å². The minimum Gasteiger partial charge on any atom is -0.367 e. The lowest BCUT2D eigenvalue weighted by Crippen LogP contribution is -2.51. The van der Waals surface area contributed by atoms with Crippen molar-refractivity contribution in [3.63, 3.8) is 0 Å². The minimum atomic E-state index is -1.76. The van der Waals surface area contributed by atoms with E-state index in [0.29, 0.717) is 5.69 Å². The Bertz CT molecular complexity index is 616. The molecule has 1 aromatic rings. The lowest BCUT2D eigenvalue weighted by Gasteiger charge is -2.34. The summed E-state index contributed by atoms with van der Waals surface area (Å²) in [5, 5.41) is 20.9. The number of aliphatic hydroxyl groups is 2. The molecule has 0 aromatic heterocycles. The highest BCUT2D eigenvalue weighted by Crippen LogP contribution is 2.39. The van der Waals surface area contributed by atoms with E-state index in [0.717, 1.165) is 42.3 Å². The Labute approximate surface area is 145 Å². The van der Waals surface area contributed by atoms with Crippen LogP contribution in [-0.4, -0.2) is 46.2 Å². The highest BCUT2D eigenvalue weighted by molar-refractivity contribution is 8.01. The number of hydrogen-bond donors (Lipinski definition) is 3. The van der Waals surface area contributed by atoms with Gasteiger partial charge in [-0.2, -0.15) is 0 Å². The van der Waals surface area contributed by atoms with Crippen molar-refractivity contribution in [1.29, 1.82) is 0 Å². The predicted octanol–water partition coefficient (Wildman–Crippen LogP) is 1.25. The van der Waals surface area contributed by atoms with Gasteiger partial charge in [-0.3, -0.25) is 9.59 Å². The molecule has 130 valence electrons. The maximum Gasteiger partial charge on any atom is 0.246 e. The molecule has 1 fully saturated rings. The van der Waals surface area contributed by atoms with Gasteiger partial charge in [0.25, 0.3) is 0 Å². The van der Waals surface area contributed by atoms with Crippen LogP contribution in [0, 0.1) is 0 Å². The Kier molecular flexibility index (Phi) is 5.43. The van der Waals surface area contributed by atoms with E-state index >= 15 is 0 Å². The zero-order chi connectivity index (χ0) is 17.1. The largest absolute Gasteiger partial charge is 0.367 e. The van der Waals surface area contributed by atoms with Crippen molar-refractivity contribution in [2.45, 2.75) is 54.6 Å². The van der Waals surface area contributed by atoms with Crippen LogP contribution >= 0.6 is 11.8 Å². The Balaban J connectivity index is 1.74. The number of para-hydroxylation sites is 1. The summed E-state index contributed by atoms with van der Waals surface area (Å²) < 4.78 is 0. The average molecular weight is 350 g/mol. The summed E-state index contributed by atoms with van der Waals surface area (Å²) in [7, 11) is 0. The van der Waals surface area contributed by atoms with E-state index in [1.165, 1.54) is 11.3 Å². The zero-order valence-corrected chi connectivity index (χ0v) is 14.2. The molecule has 24 heavy (non-hydrogen) atoms. The number of hydrogen-bond acceptors (Lipinski definition) is 5. The van der Waals surface area contributed by atoms with E-state index in [-0.39, 0.29) is 18.5 Å². The number of carbonyl (C=O) groups is 2. The SMILES string of the molecule is O=C(CN1C(=O)C(C(O)O)Sc2ccccc21)NC1CCCCC1. The molecular formula is C17H22N2O4S. The van der Waals surface area contributed by atoms with Gasteiger partial charge in [0.15, 0.2) is 6.29 Å². The van der Waals surface area contributed by atoms with E-state index in [4.69, 9.17) is 0 Å². The van der Waals surface area contributed by atoms with Gasteiger partial charge in [0.05, 0.1) is 5.69 Å². The summed E-state index contributed by atoms with van der Waals surface area (Å²) in [6.45, 7) is -0.101. The van der Waals surface area contributed by atoms with Crippen LogP contribution in [0.25, 0.3) is 0 Å². The van der Waals surface area contributed by atoms with Crippen LogP contribution in [0.3, 0.4) is 0 Å². The molecule has 3 N–H and O–H groups in total. The van der Waals surface area contributed by atoms with Crippen LogP contribution in [0.15, 0.2) is 29.2 Å². The summed E-state index contributed by atoms with van der Waals surface area (Å²) in [6.07, 6.45) is 3.63. The first-order chi connectivity index (χ1) is 11.6. The first kappa shape index (κ1) is 17.3. The number of benzene rings is 1. The van der Waals surface area contributed by atoms with E-state index in [1.807, 2.05) is 12.1 Å². The topological polar surface area (TPSA) is 89.9 Å². The molecule has 1 saturated carbocycles. The second-order valence-electron chi connectivity index (χ2n) is 6.25. The van der Waals surface area contributed by atoms with Gasteiger partial charge in [-0.25, -0.2) is 0 Å². The number of carbonyl (C=O) groups excluding carboxylic acids is 2. The van der Waals surface area contributed by atoms with E-state index in [1.54, 1.807) is 12.1 Å². The number of aliphatic hydroxyl groups excluding tert-OH is 1. The van der Waals surface area contributed by atoms with Crippen molar-refractivity contribution in [3.05, 3.63) is 24.3 Å². The molecule has 1 aliphatic heterocycles. The fourth-order valence-electron chi connectivity index (χ4n) is 3.25. The zero-order valence-electron chi connectivity index (χ0n) is 13.4. The minimum absolute atomic E-state index is 0.101. The van der Waals surface area contributed by atoms with Crippen LogP contribution in [-0.2, 0) is 9.59 Å². The second kappa shape index (κ2) is 7.55. The van der Waals surface area contributed by atoms with Crippen molar-refractivity contribution < 1.29 is 19.8 Å². The number of thioether (sulfide) groups is 1. The predicted molar refractivity (Wildman–Crippen MR) is 91.7 cm³/mol. The summed E-state index contributed by atoms with van der Waals surface area (Å²) in [5.74, 6) is -0.657. The summed E-state index contributed by atoms with van der Waals surface area (Å²) in [5.41, 5.74) is 0.642. The molecule has 2 aliphatic rings. The van der Waals surface area contributed by atoms with Gasteiger partial charge >= 0.3 is 0 Å². The molecule has 7 heteroatoms. The third kappa shape index (κ3) is 3.74. The smallest absolute Gasteiger partial charge is 0.246 e. The van der Waals surface area contributed by atoms with Crippen molar-refractivity contribution in [1.82, 2.24) is 5.32 Å². The van der Waals surface area contributed by atoms with Crippen LogP contribution in [0.5, 0.6) is 0 Å². The highest BCUT2D eigenvalue weighted by atomic mass is 32.2. The Morgan fingerprint density at radius 2 is 1.96 bits per heavy atom. The summed E-state index contributed by atoms with van der Waals surface area (Å²) >= 11 is 1.12. The van der Waals surface area contributed by atoms with Crippen LogP contribution in [0.4, 0.5) is 5.69 Å². The quantitative estimate of drug-likeness (QED) is 0.711. The summed E-state index contributed by atoms with van der Waals surface area (Å²) in [6, 6.07) is 7.38. The molecule has 6 nitrogen and oxygen atoms in total. The van der Waals surface area contributed by atoms with Crippen molar-refractivity contribution in [2.75, 3.05) is 11.4 Å². The normalized spacial score (nSPS) is 21.7. The number of anilines is 1. The van der Waals surface area contributed by atoms with Gasteiger partial charge in [0.2, 0.25) is 11.8 Å². The first-order valence-electron chi connectivity index (χ1n) is 8.29. The average Bonchev–Trinajstić information content (AvgIpc) is 2.58. The first-order valence-corrected chi connectivity index (χ1v) is 9.17. The van der Waals surface area contributed by atoms with E-state index < -0.39 is 17.4 Å². The number of rotatable bonds is 4. The lowest BCUT2D eigenvalue weighted by atomic mass is 9.95. The fraction of sp³-hybridized carbons (Fsp3) is 0.529. The molecule has 0 radical (unpaired) electrons. The van der Waals surface area contributed by atoms with E-state index in [9.17, 15) is 19.8 Å². The van der Waals surface area contributed by atoms with Gasteiger partial charge < -0.3 is 20.4 Å². The molecule has 0 saturated heterocycles. The third-order valence-electron chi connectivity index (χ3n) is 4.46. The Hall–Kier alpha value is -1.57. The van der Waals surface area contributed by atoms with Gasteiger partial charge in [-0.15, -0.1) is 11.8 Å². The molecular weight excluding hydrogens is 328 g/mol. The fourth-order valence-corrected chi connectivity index (χ4v) is 4.33. The van der Waals surface area contributed by atoms with Gasteiger partial charge in [-0.1, -0.05) is 31.4 Å². The second-order valence-corrected chi connectivity index (χ2v) is 7.43. The molecule has 1 aromatic carbocycles. The molecule has 3 rings (SSSR count). The molecule has 1 aliphatic carbocycles. The number of nitrogens with one attached hydrogen (secondary N) is 1. The Morgan fingerprint density at radius 3 is 2.67 bits per heavy atom. The standard InChI is InChI=1S/C17H22N2O4S/c20-14(18-11-6-2-1-3-7-11)10-19-12-8-4-5-9-13(12)24-15(16(19)21)17(22)23/h4-5,8-9,11,15,17,22-23H,1-3,6-7,10H2,(H,18,20). The maximum absolute atomic E-state index is 12.6. The highest BCUT2D eigenvalue weighted by Gasteiger charge is 2.38. The Morgan fingerprint density at radius 1 is 1.25 bits per heavy atom. The van der Waals surface area contributed by atoms with E-state index in [2.05, 4.69) is 5.32 Å². The van der Waals surface area contributed by atoms with Gasteiger partial charge in [0.1, 0.15) is 11.8 Å². The van der Waals surface area contributed by atoms with Crippen LogP contribution in [0.2, 0.25) is 0 Å². The molecule has 2 amide bonds. The lowest BCUT2D eigenvalue weighted by molar-refractivity contribution is -0.128. The molecule has 1 atom stereocenters. The van der Waals surface area contributed by atoms with Crippen LogP contribution < -0.4 is 10.2 Å². The third-order valence-corrected chi connectivity index (χ3v) is 5.76. The molecule has 1 heterocycles. The molecule has 1 unspecified atom stereocenters. The van der Waals surface area contributed by atoms with Gasteiger partial charge in [0, 0.05) is 10.9 Å². The monoisotopic (exact) mass is 350 g/mol. The van der Waals surface area contributed by atoms with Gasteiger partial charge in [-0.05, 0) is 25.0 Å². The molecule has 0 bridgehead atoms. The number of fused-ring (bicyclic) bond motifs is 1. The number of amides is 2. The van der Waals surface area contributed by atoms with Crippen LogP contribution in [0.1, 0.15) is 32.1 Å². The van der Waals surface area contributed by atoms with Crippen molar-refractivity contribution in [3.8, 4) is 0 Å². The molecule has 0 spiro atoms. The summed E-state index contributed by atoms with van der Waals surface area (Å²) in [4.78, 5) is 27.1. The maximum atomic E-state index is 12.6. The van der Waals surface area contributed by atoms with Crippen molar-refractivity contribution >= 4 is 29.3 Å².